The lowest BCUT2D eigenvalue weighted by Crippen LogP contribution is -2.26. The number of carbonyl (C=O) groups excluding carboxylic acids is 2. The van der Waals surface area contributed by atoms with Crippen molar-refractivity contribution in [3.05, 3.63) is 70.2 Å². The normalized spacial score (nSPS) is 11.7. The van der Waals surface area contributed by atoms with Crippen LogP contribution in [0.2, 0.25) is 0 Å². The Morgan fingerprint density at radius 1 is 1.17 bits per heavy atom. The van der Waals surface area contributed by atoms with E-state index in [1.54, 1.807) is 16.8 Å². The lowest BCUT2D eigenvalue weighted by molar-refractivity contribution is 0.0933. The van der Waals surface area contributed by atoms with Gasteiger partial charge < -0.3 is 9.73 Å². The van der Waals surface area contributed by atoms with Gasteiger partial charge in [0.15, 0.2) is 5.69 Å². The highest BCUT2D eigenvalue weighted by Gasteiger charge is 2.17. The van der Waals surface area contributed by atoms with E-state index < -0.39 is 0 Å². The van der Waals surface area contributed by atoms with Crippen LogP contribution in [0.15, 0.2) is 57.8 Å². The smallest absolute Gasteiger partial charge is 0.302 e. The molecule has 0 aliphatic heterocycles. The molecule has 2 N–H and O–H groups in total. The summed E-state index contributed by atoms with van der Waals surface area (Å²) >= 11 is 1.42. The third-order valence-electron chi connectivity index (χ3n) is 3.39. The average Bonchev–Trinajstić information content (AvgIpc) is 3.27. The Kier molecular flexibility index (Phi) is 4.72. The molecule has 1 atom stereocenters. The van der Waals surface area contributed by atoms with Crippen LogP contribution in [0.3, 0.4) is 0 Å². The molecule has 6 nitrogen and oxygen atoms in total. The van der Waals surface area contributed by atoms with Crippen molar-refractivity contribution in [2.45, 2.75) is 13.0 Å². The van der Waals surface area contributed by atoms with E-state index in [9.17, 15) is 9.59 Å². The van der Waals surface area contributed by atoms with Crippen LogP contribution in [0.1, 0.15) is 39.4 Å². The van der Waals surface area contributed by atoms with Gasteiger partial charge in [0.2, 0.25) is 0 Å². The second-order valence-corrected chi connectivity index (χ2v) is 5.89. The fraction of sp³-hybridized carbons (Fsp3) is 0.118. The maximum Gasteiger partial charge on any atom is 0.302 e. The van der Waals surface area contributed by atoms with Crippen molar-refractivity contribution in [3.8, 4) is 0 Å². The van der Waals surface area contributed by atoms with E-state index in [1.807, 2.05) is 37.3 Å². The SMILES string of the molecule is C[C@@H](NC(=O)c1coc(NC(=O)c2ccsc2)n1)c1ccccc1. The number of carbonyl (C=O) groups is 2. The number of thiophene rings is 1. The first-order chi connectivity index (χ1) is 11.6. The molecular weight excluding hydrogens is 326 g/mol. The van der Waals surface area contributed by atoms with Gasteiger partial charge in [0.1, 0.15) is 6.26 Å². The van der Waals surface area contributed by atoms with Crippen LogP contribution in [0.25, 0.3) is 0 Å². The highest BCUT2D eigenvalue weighted by molar-refractivity contribution is 7.08. The number of aromatic nitrogens is 1. The zero-order valence-corrected chi connectivity index (χ0v) is 13.7. The molecule has 7 heteroatoms. The molecule has 2 amide bonds. The lowest BCUT2D eigenvalue weighted by atomic mass is 10.1. The third-order valence-corrected chi connectivity index (χ3v) is 4.07. The Labute approximate surface area is 142 Å². The maximum atomic E-state index is 12.2. The van der Waals surface area contributed by atoms with Crippen LogP contribution in [-0.4, -0.2) is 16.8 Å². The summed E-state index contributed by atoms with van der Waals surface area (Å²) in [6, 6.07) is 11.1. The number of hydrogen-bond acceptors (Lipinski definition) is 5. The number of oxazole rings is 1. The molecule has 0 saturated carbocycles. The number of nitrogens with one attached hydrogen (secondary N) is 2. The highest BCUT2D eigenvalue weighted by Crippen LogP contribution is 2.14. The summed E-state index contributed by atoms with van der Waals surface area (Å²) in [6.07, 6.45) is 1.22. The first-order valence-electron chi connectivity index (χ1n) is 7.28. The summed E-state index contributed by atoms with van der Waals surface area (Å²) in [7, 11) is 0. The van der Waals surface area contributed by atoms with Gasteiger partial charge in [-0.05, 0) is 23.9 Å². The second kappa shape index (κ2) is 7.10. The fourth-order valence-corrected chi connectivity index (χ4v) is 2.73. The van der Waals surface area contributed by atoms with Crippen LogP contribution in [0.4, 0.5) is 6.01 Å². The van der Waals surface area contributed by atoms with E-state index in [1.165, 1.54) is 17.6 Å². The van der Waals surface area contributed by atoms with Crippen molar-refractivity contribution in [1.82, 2.24) is 10.3 Å². The van der Waals surface area contributed by atoms with Gasteiger partial charge in [-0.15, -0.1) is 0 Å². The second-order valence-electron chi connectivity index (χ2n) is 5.11. The van der Waals surface area contributed by atoms with Crippen molar-refractivity contribution in [1.29, 1.82) is 0 Å². The van der Waals surface area contributed by atoms with Gasteiger partial charge in [-0.1, -0.05) is 30.3 Å². The lowest BCUT2D eigenvalue weighted by Gasteiger charge is -2.12. The maximum absolute atomic E-state index is 12.2. The van der Waals surface area contributed by atoms with E-state index in [2.05, 4.69) is 15.6 Å². The Morgan fingerprint density at radius 2 is 1.96 bits per heavy atom. The molecule has 0 saturated heterocycles. The van der Waals surface area contributed by atoms with Gasteiger partial charge in [0, 0.05) is 5.38 Å². The van der Waals surface area contributed by atoms with E-state index in [0.29, 0.717) is 5.56 Å². The molecule has 3 rings (SSSR count). The molecule has 0 radical (unpaired) electrons. The standard InChI is InChI=1S/C17H15N3O3S/c1-11(12-5-3-2-4-6-12)18-16(22)14-9-23-17(19-14)20-15(21)13-7-8-24-10-13/h2-11H,1H3,(H,18,22)(H,19,20,21)/t11-/m1/s1. The minimum Gasteiger partial charge on any atom is -0.431 e. The first-order valence-corrected chi connectivity index (χ1v) is 8.22. The van der Waals surface area contributed by atoms with Gasteiger partial charge in [-0.3, -0.25) is 14.9 Å². The predicted octanol–water partition coefficient (Wildman–Crippen LogP) is 3.48. The Hall–Kier alpha value is -2.93. The van der Waals surface area contributed by atoms with Gasteiger partial charge in [0.25, 0.3) is 11.8 Å². The zero-order valence-electron chi connectivity index (χ0n) is 12.9. The minimum absolute atomic E-state index is 0.0104. The number of hydrogen-bond donors (Lipinski definition) is 2. The van der Waals surface area contributed by atoms with Gasteiger partial charge in [0.05, 0.1) is 11.6 Å². The van der Waals surface area contributed by atoms with Crippen LogP contribution in [0, 0.1) is 0 Å². The predicted molar refractivity (Wildman–Crippen MR) is 91.1 cm³/mol. The van der Waals surface area contributed by atoms with Crippen molar-refractivity contribution in [2.24, 2.45) is 0 Å². The molecule has 2 heterocycles. The fourth-order valence-electron chi connectivity index (χ4n) is 2.09. The summed E-state index contributed by atoms with van der Waals surface area (Å²) in [5, 5.41) is 8.86. The summed E-state index contributed by atoms with van der Waals surface area (Å²) in [5.74, 6) is -0.700. The average molecular weight is 341 g/mol. The molecule has 122 valence electrons. The molecule has 0 fully saturated rings. The van der Waals surface area contributed by atoms with Gasteiger partial charge in [-0.25, -0.2) is 0 Å². The van der Waals surface area contributed by atoms with Crippen LogP contribution >= 0.6 is 11.3 Å². The highest BCUT2D eigenvalue weighted by atomic mass is 32.1. The summed E-state index contributed by atoms with van der Waals surface area (Å²) in [5.41, 5.74) is 1.61. The zero-order chi connectivity index (χ0) is 16.9. The number of benzene rings is 1. The summed E-state index contributed by atoms with van der Waals surface area (Å²) in [4.78, 5) is 28.1. The van der Waals surface area contributed by atoms with Crippen LogP contribution in [0.5, 0.6) is 0 Å². The number of amides is 2. The van der Waals surface area contributed by atoms with Crippen molar-refractivity contribution < 1.29 is 14.0 Å². The first kappa shape index (κ1) is 15.9. The number of anilines is 1. The molecule has 0 unspecified atom stereocenters. The Morgan fingerprint density at radius 3 is 2.67 bits per heavy atom. The Bertz CT molecular complexity index is 828. The molecule has 1 aromatic carbocycles. The molecule has 24 heavy (non-hydrogen) atoms. The molecular formula is C17H15N3O3S. The van der Waals surface area contributed by atoms with Crippen LogP contribution < -0.4 is 10.6 Å². The molecule has 0 spiro atoms. The summed E-state index contributed by atoms with van der Waals surface area (Å²) < 4.78 is 5.14. The number of nitrogens with zero attached hydrogens (tertiary/aromatic N) is 1. The topological polar surface area (TPSA) is 84.2 Å². The molecule has 0 aliphatic rings. The van der Waals surface area contributed by atoms with Crippen molar-refractivity contribution >= 4 is 29.2 Å². The molecule has 3 aromatic rings. The molecule has 0 aliphatic carbocycles. The number of rotatable bonds is 5. The van der Waals surface area contributed by atoms with E-state index in [0.717, 1.165) is 5.56 Å². The van der Waals surface area contributed by atoms with E-state index in [4.69, 9.17) is 4.42 Å². The van der Waals surface area contributed by atoms with Crippen molar-refractivity contribution in [3.63, 3.8) is 0 Å². The monoisotopic (exact) mass is 341 g/mol. The van der Waals surface area contributed by atoms with Gasteiger partial charge >= 0.3 is 6.01 Å². The van der Waals surface area contributed by atoms with Crippen molar-refractivity contribution in [2.75, 3.05) is 5.32 Å². The van der Waals surface area contributed by atoms with E-state index in [-0.39, 0.29) is 29.6 Å². The van der Waals surface area contributed by atoms with E-state index >= 15 is 0 Å². The summed E-state index contributed by atoms with van der Waals surface area (Å²) in [6.45, 7) is 1.88. The molecule has 0 bridgehead atoms. The molecule has 2 aromatic heterocycles. The third kappa shape index (κ3) is 3.69. The van der Waals surface area contributed by atoms with Gasteiger partial charge in [-0.2, -0.15) is 16.3 Å². The minimum atomic E-state index is -0.369. The largest absolute Gasteiger partial charge is 0.431 e. The quantitative estimate of drug-likeness (QED) is 0.744. The Balaban J connectivity index is 1.62. The van der Waals surface area contributed by atoms with Crippen LogP contribution in [-0.2, 0) is 0 Å².